The maximum Gasteiger partial charge on any atom is 0.308 e. The van der Waals surface area contributed by atoms with Gasteiger partial charge in [-0.25, -0.2) is 4.98 Å². The third-order valence-electron chi connectivity index (χ3n) is 4.31. The average Bonchev–Trinajstić information content (AvgIpc) is 2.96. The van der Waals surface area contributed by atoms with Crippen molar-refractivity contribution in [2.45, 2.75) is 26.3 Å². The van der Waals surface area contributed by atoms with E-state index in [1.165, 1.54) is 7.11 Å². The van der Waals surface area contributed by atoms with Crippen LogP contribution in [-0.4, -0.2) is 47.6 Å². The molecule has 1 aromatic heterocycles. The molecule has 1 aliphatic heterocycles. The summed E-state index contributed by atoms with van der Waals surface area (Å²) in [5.41, 5.74) is 1.95. The summed E-state index contributed by atoms with van der Waals surface area (Å²) in [6.07, 6.45) is 1.70. The van der Waals surface area contributed by atoms with E-state index >= 15 is 0 Å². The SMILES string of the molecule is CCOc1ccc2nc(CN3CCC(C(=O)OC)CC3)[nH]c2c1. The van der Waals surface area contributed by atoms with E-state index in [0.717, 1.165) is 55.1 Å². The third kappa shape index (κ3) is 3.64. The molecule has 6 heteroatoms. The number of carbonyl (C=O) groups excluding carboxylic acids is 1. The largest absolute Gasteiger partial charge is 0.494 e. The number of ether oxygens (including phenoxy) is 2. The number of piperidine rings is 1. The number of fused-ring (bicyclic) bond motifs is 1. The molecule has 124 valence electrons. The second-order valence-corrected chi connectivity index (χ2v) is 5.87. The average molecular weight is 317 g/mol. The van der Waals surface area contributed by atoms with Gasteiger partial charge in [-0.2, -0.15) is 0 Å². The van der Waals surface area contributed by atoms with Crippen LogP contribution in [0.3, 0.4) is 0 Å². The molecule has 23 heavy (non-hydrogen) atoms. The van der Waals surface area contributed by atoms with Gasteiger partial charge < -0.3 is 14.5 Å². The number of benzene rings is 1. The fourth-order valence-electron chi connectivity index (χ4n) is 3.08. The summed E-state index contributed by atoms with van der Waals surface area (Å²) in [4.78, 5) is 21.9. The molecule has 1 aromatic carbocycles. The summed E-state index contributed by atoms with van der Waals surface area (Å²) in [5.74, 6) is 1.76. The maximum atomic E-state index is 11.6. The smallest absolute Gasteiger partial charge is 0.308 e. The molecule has 0 bridgehead atoms. The Morgan fingerprint density at radius 3 is 2.87 bits per heavy atom. The van der Waals surface area contributed by atoms with Gasteiger partial charge in [-0.1, -0.05) is 0 Å². The van der Waals surface area contributed by atoms with Crippen LogP contribution in [0.1, 0.15) is 25.6 Å². The van der Waals surface area contributed by atoms with Crippen molar-refractivity contribution in [3.8, 4) is 5.75 Å². The number of hydrogen-bond acceptors (Lipinski definition) is 5. The third-order valence-corrected chi connectivity index (χ3v) is 4.31. The molecule has 1 fully saturated rings. The van der Waals surface area contributed by atoms with Crippen molar-refractivity contribution >= 4 is 17.0 Å². The molecule has 0 atom stereocenters. The van der Waals surface area contributed by atoms with Gasteiger partial charge in [0.15, 0.2) is 0 Å². The van der Waals surface area contributed by atoms with E-state index in [2.05, 4.69) is 14.9 Å². The predicted octanol–water partition coefficient (Wildman–Crippen LogP) is 2.35. The van der Waals surface area contributed by atoms with E-state index in [1.807, 2.05) is 25.1 Å². The molecular formula is C17H23N3O3. The van der Waals surface area contributed by atoms with E-state index in [1.54, 1.807) is 0 Å². The molecule has 0 radical (unpaired) electrons. The highest BCUT2D eigenvalue weighted by Crippen LogP contribution is 2.22. The summed E-state index contributed by atoms with van der Waals surface area (Å²) in [6.45, 7) is 5.18. The molecule has 0 unspecified atom stereocenters. The van der Waals surface area contributed by atoms with Crippen LogP contribution < -0.4 is 4.74 Å². The van der Waals surface area contributed by atoms with Gasteiger partial charge in [-0.15, -0.1) is 0 Å². The lowest BCUT2D eigenvalue weighted by molar-refractivity contribution is -0.147. The standard InChI is InChI=1S/C17H23N3O3/c1-3-23-13-4-5-14-15(10-13)19-16(18-14)11-20-8-6-12(7-9-20)17(21)22-2/h4-5,10,12H,3,6-9,11H2,1-2H3,(H,18,19). The molecule has 1 N–H and O–H groups in total. The van der Waals surface area contributed by atoms with Crippen LogP contribution in [-0.2, 0) is 16.1 Å². The second kappa shape index (κ2) is 7.00. The molecule has 0 spiro atoms. The summed E-state index contributed by atoms with van der Waals surface area (Å²) < 4.78 is 10.3. The topological polar surface area (TPSA) is 67.4 Å². The first-order chi connectivity index (χ1) is 11.2. The Morgan fingerprint density at radius 2 is 2.17 bits per heavy atom. The summed E-state index contributed by atoms with van der Waals surface area (Å²) >= 11 is 0. The number of likely N-dealkylation sites (tertiary alicyclic amines) is 1. The molecule has 1 saturated heterocycles. The van der Waals surface area contributed by atoms with Crippen molar-refractivity contribution in [2.24, 2.45) is 5.92 Å². The highest BCUT2D eigenvalue weighted by atomic mass is 16.5. The first-order valence-corrected chi connectivity index (χ1v) is 8.11. The number of aromatic amines is 1. The van der Waals surface area contributed by atoms with Crippen molar-refractivity contribution in [3.05, 3.63) is 24.0 Å². The second-order valence-electron chi connectivity index (χ2n) is 5.87. The van der Waals surface area contributed by atoms with Gasteiger partial charge in [0.2, 0.25) is 0 Å². The maximum absolute atomic E-state index is 11.6. The van der Waals surface area contributed by atoms with E-state index < -0.39 is 0 Å². The molecule has 1 aliphatic rings. The monoisotopic (exact) mass is 317 g/mol. The van der Waals surface area contributed by atoms with Gasteiger partial charge >= 0.3 is 5.97 Å². The van der Waals surface area contributed by atoms with Crippen LogP contribution >= 0.6 is 0 Å². The lowest BCUT2D eigenvalue weighted by Gasteiger charge is -2.29. The Kier molecular flexibility index (Phi) is 4.81. The van der Waals surface area contributed by atoms with Crippen LogP contribution in [0.15, 0.2) is 18.2 Å². The number of nitrogens with one attached hydrogen (secondary N) is 1. The number of H-pyrrole nitrogens is 1. The van der Waals surface area contributed by atoms with Crippen molar-refractivity contribution in [1.29, 1.82) is 0 Å². The first-order valence-electron chi connectivity index (χ1n) is 8.11. The van der Waals surface area contributed by atoms with Gasteiger partial charge in [-0.05, 0) is 45.0 Å². The minimum absolute atomic E-state index is 0.0423. The van der Waals surface area contributed by atoms with Gasteiger partial charge in [-0.3, -0.25) is 9.69 Å². The molecule has 0 aliphatic carbocycles. The zero-order chi connectivity index (χ0) is 16.2. The fourth-order valence-corrected chi connectivity index (χ4v) is 3.08. The zero-order valence-corrected chi connectivity index (χ0v) is 13.7. The Labute approximate surface area is 135 Å². The summed E-state index contributed by atoms with van der Waals surface area (Å²) in [7, 11) is 1.46. The minimum Gasteiger partial charge on any atom is -0.494 e. The van der Waals surface area contributed by atoms with Gasteiger partial charge in [0.25, 0.3) is 0 Å². The van der Waals surface area contributed by atoms with Crippen LogP contribution in [0, 0.1) is 5.92 Å². The van der Waals surface area contributed by atoms with E-state index in [-0.39, 0.29) is 11.9 Å². The minimum atomic E-state index is -0.0863. The van der Waals surface area contributed by atoms with E-state index in [9.17, 15) is 4.79 Å². The molecule has 6 nitrogen and oxygen atoms in total. The van der Waals surface area contributed by atoms with Crippen LogP contribution in [0.5, 0.6) is 5.75 Å². The summed E-state index contributed by atoms with van der Waals surface area (Å²) in [5, 5.41) is 0. The molecule has 2 aromatic rings. The number of rotatable bonds is 5. The van der Waals surface area contributed by atoms with Crippen LogP contribution in [0.2, 0.25) is 0 Å². The Bertz CT molecular complexity index is 675. The Hall–Kier alpha value is -2.08. The van der Waals surface area contributed by atoms with Crippen molar-refractivity contribution in [3.63, 3.8) is 0 Å². The number of imidazole rings is 1. The number of aromatic nitrogens is 2. The van der Waals surface area contributed by atoms with Gasteiger partial charge in [0.05, 0.1) is 37.2 Å². The number of hydrogen-bond donors (Lipinski definition) is 1. The molecule has 0 amide bonds. The van der Waals surface area contributed by atoms with Gasteiger partial charge in [0, 0.05) is 6.07 Å². The van der Waals surface area contributed by atoms with Crippen molar-refractivity contribution in [1.82, 2.24) is 14.9 Å². The molecule has 0 saturated carbocycles. The highest BCUT2D eigenvalue weighted by molar-refractivity contribution is 5.76. The van der Waals surface area contributed by atoms with Crippen molar-refractivity contribution in [2.75, 3.05) is 26.8 Å². The predicted molar refractivity (Wildman–Crippen MR) is 87.3 cm³/mol. The molecule has 3 rings (SSSR count). The lowest BCUT2D eigenvalue weighted by atomic mass is 9.97. The number of esters is 1. The number of carbonyl (C=O) groups is 1. The fraction of sp³-hybridized carbons (Fsp3) is 0.529. The first kappa shape index (κ1) is 15.8. The van der Waals surface area contributed by atoms with E-state index in [0.29, 0.717) is 6.61 Å². The zero-order valence-electron chi connectivity index (χ0n) is 13.7. The van der Waals surface area contributed by atoms with Gasteiger partial charge in [0.1, 0.15) is 11.6 Å². The molecular weight excluding hydrogens is 294 g/mol. The quantitative estimate of drug-likeness (QED) is 0.857. The van der Waals surface area contributed by atoms with Crippen LogP contribution in [0.4, 0.5) is 0 Å². The molecule has 2 heterocycles. The lowest BCUT2D eigenvalue weighted by Crippen LogP contribution is -2.36. The number of nitrogens with zero attached hydrogens (tertiary/aromatic N) is 2. The summed E-state index contributed by atoms with van der Waals surface area (Å²) in [6, 6.07) is 5.90. The van der Waals surface area contributed by atoms with Crippen LogP contribution in [0.25, 0.3) is 11.0 Å². The Morgan fingerprint density at radius 1 is 1.39 bits per heavy atom. The number of methoxy groups -OCH3 is 1. The normalized spacial score (nSPS) is 16.6. The Balaban J connectivity index is 1.62. The highest BCUT2D eigenvalue weighted by Gasteiger charge is 2.25. The van der Waals surface area contributed by atoms with E-state index in [4.69, 9.17) is 9.47 Å². The van der Waals surface area contributed by atoms with Crippen molar-refractivity contribution < 1.29 is 14.3 Å².